The molecule has 3 heteroatoms. The molecule has 0 aliphatic carbocycles. The van der Waals surface area contributed by atoms with E-state index >= 15 is 0 Å². The first-order valence-electron chi connectivity index (χ1n) is 3.95. The summed E-state index contributed by atoms with van der Waals surface area (Å²) in [5.41, 5.74) is 1.14. The number of rotatable bonds is 3. The molecule has 0 aliphatic heterocycles. The number of hydrogen-bond acceptors (Lipinski definition) is 2. The van der Waals surface area contributed by atoms with Crippen LogP contribution in [0.3, 0.4) is 0 Å². The molecule has 0 atom stereocenters. The van der Waals surface area contributed by atoms with Gasteiger partial charge in [-0.1, -0.05) is 36.4 Å². The first-order chi connectivity index (χ1) is 6.29. The molecule has 1 amide bonds. The average Bonchev–Trinajstić information content (AvgIpc) is 2.14. The number of hydrogen-bond donors (Lipinski definition) is 1. The third-order valence-electron chi connectivity index (χ3n) is 1.52. The molecule has 1 N–H and O–H groups in total. The molecule has 0 fully saturated rings. The number of allylic oxidation sites excluding steroid dienone is 1. The van der Waals surface area contributed by atoms with Crippen molar-refractivity contribution >= 4 is 6.09 Å². The van der Waals surface area contributed by atoms with E-state index < -0.39 is 6.09 Å². The summed E-state index contributed by atoms with van der Waals surface area (Å²) in [6.45, 7) is 0. The molecule has 0 aliphatic rings. The molecular weight excluding hydrogens is 166 g/mol. The van der Waals surface area contributed by atoms with Gasteiger partial charge in [-0.25, -0.2) is 0 Å². The van der Waals surface area contributed by atoms with Gasteiger partial charge in [-0.05, 0) is 18.2 Å². The number of carbonyl (C=O) groups is 1. The Balaban J connectivity index is 2.35. The lowest BCUT2D eigenvalue weighted by molar-refractivity contribution is -0.249. The van der Waals surface area contributed by atoms with Crippen LogP contribution in [0.15, 0.2) is 42.6 Å². The van der Waals surface area contributed by atoms with Crippen molar-refractivity contribution in [2.24, 2.45) is 0 Å². The van der Waals surface area contributed by atoms with Gasteiger partial charge in [0.15, 0.2) is 0 Å². The highest BCUT2D eigenvalue weighted by molar-refractivity contribution is 5.63. The highest BCUT2D eigenvalue weighted by Crippen LogP contribution is 1.99. The molecule has 0 heterocycles. The Morgan fingerprint density at radius 3 is 2.69 bits per heavy atom. The van der Waals surface area contributed by atoms with E-state index in [9.17, 15) is 9.90 Å². The Labute approximate surface area is 76.7 Å². The van der Waals surface area contributed by atoms with Crippen LogP contribution in [-0.2, 0) is 6.42 Å². The summed E-state index contributed by atoms with van der Waals surface area (Å²) in [5, 5.41) is 12.0. The van der Waals surface area contributed by atoms with Gasteiger partial charge in [0.1, 0.15) is 6.09 Å². The summed E-state index contributed by atoms with van der Waals surface area (Å²) in [6, 6.07) is 9.77. The minimum Gasteiger partial charge on any atom is -0.530 e. The first-order valence-corrected chi connectivity index (χ1v) is 3.95. The molecule has 0 spiro atoms. The highest BCUT2D eigenvalue weighted by Gasteiger charge is 1.84. The zero-order valence-electron chi connectivity index (χ0n) is 7.07. The highest BCUT2D eigenvalue weighted by atomic mass is 16.4. The molecule has 0 radical (unpaired) electrons. The van der Waals surface area contributed by atoms with Crippen molar-refractivity contribution in [1.29, 1.82) is 0 Å². The van der Waals surface area contributed by atoms with E-state index in [1.165, 1.54) is 6.20 Å². The molecule has 3 nitrogen and oxygen atoms in total. The fourth-order valence-electron chi connectivity index (χ4n) is 0.936. The Morgan fingerprint density at radius 2 is 2.08 bits per heavy atom. The second-order valence-electron chi connectivity index (χ2n) is 2.52. The fraction of sp³-hybridized carbons (Fsp3) is 0.100. The quantitative estimate of drug-likeness (QED) is 0.736. The maximum atomic E-state index is 9.94. The van der Waals surface area contributed by atoms with Gasteiger partial charge in [0.2, 0.25) is 0 Å². The van der Waals surface area contributed by atoms with Gasteiger partial charge >= 0.3 is 0 Å². The molecule has 68 valence electrons. The maximum Gasteiger partial charge on any atom is 0.138 e. The topological polar surface area (TPSA) is 52.2 Å². The van der Waals surface area contributed by atoms with Crippen LogP contribution in [0.4, 0.5) is 4.79 Å². The Bertz CT molecular complexity index is 293. The van der Waals surface area contributed by atoms with E-state index in [-0.39, 0.29) is 0 Å². The molecule has 0 saturated heterocycles. The predicted molar refractivity (Wildman–Crippen MR) is 47.8 cm³/mol. The van der Waals surface area contributed by atoms with Crippen LogP contribution in [-0.4, -0.2) is 6.09 Å². The van der Waals surface area contributed by atoms with Crippen molar-refractivity contribution in [1.82, 2.24) is 5.32 Å². The summed E-state index contributed by atoms with van der Waals surface area (Å²) in [5.74, 6) is 0. The van der Waals surface area contributed by atoms with Crippen molar-refractivity contribution in [3.05, 3.63) is 48.2 Å². The van der Waals surface area contributed by atoms with Gasteiger partial charge in [0.05, 0.1) is 0 Å². The van der Waals surface area contributed by atoms with Crippen LogP contribution in [0, 0.1) is 0 Å². The monoisotopic (exact) mass is 176 g/mol. The molecular formula is C10H10NO2-. The van der Waals surface area contributed by atoms with E-state index in [2.05, 4.69) is 0 Å². The van der Waals surface area contributed by atoms with Crippen LogP contribution in [0.25, 0.3) is 0 Å². The summed E-state index contributed by atoms with van der Waals surface area (Å²) < 4.78 is 0. The number of amides is 1. The van der Waals surface area contributed by atoms with E-state index in [1.54, 1.807) is 6.08 Å². The largest absolute Gasteiger partial charge is 0.530 e. The molecule has 1 aromatic carbocycles. The molecule has 1 aromatic rings. The van der Waals surface area contributed by atoms with Gasteiger partial charge in [0, 0.05) is 0 Å². The van der Waals surface area contributed by atoms with Gasteiger partial charge in [0.25, 0.3) is 0 Å². The summed E-state index contributed by atoms with van der Waals surface area (Å²) >= 11 is 0. The zero-order chi connectivity index (χ0) is 9.52. The van der Waals surface area contributed by atoms with E-state index in [0.29, 0.717) is 6.42 Å². The lowest BCUT2D eigenvalue weighted by atomic mass is 10.1. The van der Waals surface area contributed by atoms with E-state index in [0.717, 1.165) is 5.56 Å². The second-order valence-corrected chi connectivity index (χ2v) is 2.52. The van der Waals surface area contributed by atoms with Crippen molar-refractivity contribution in [3.63, 3.8) is 0 Å². The van der Waals surface area contributed by atoms with Crippen molar-refractivity contribution in [3.8, 4) is 0 Å². The smallest absolute Gasteiger partial charge is 0.138 e. The van der Waals surface area contributed by atoms with Crippen LogP contribution < -0.4 is 10.4 Å². The maximum absolute atomic E-state index is 9.94. The van der Waals surface area contributed by atoms with Gasteiger partial charge < -0.3 is 15.2 Å². The minimum atomic E-state index is -1.29. The number of nitrogens with one attached hydrogen (secondary N) is 1. The van der Waals surface area contributed by atoms with Crippen molar-refractivity contribution in [2.75, 3.05) is 0 Å². The molecule has 0 unspecified atom stereocenters. The van der Waals surface area contributed by atoms with Gasteiger partial charge in [-0.15, -0.1) is 0 Å². The minimum absolute atomic E-state index is 0.709. The summed E-state index contributed by atoms with van der Waals surface area (Å²) in [6.07, 6.45) is 2.51. The summed E-state index contributed by atoms with van der Waals surface area (Å²) in [7, 11) is 0. The standard InChI is InChI=1S/C10H11NO2/c12-10(13)11-8-4-7-9-5-2-1-3-6-9/h1-6,8,11H,7H2,(H,12,13)/p-1/b8-4+. The number of carboxylic acid groups (broad SMARTS) is 1. The van der Waals surface area contributed by atoms with Gasteiger partial charge in [-0.3, -0.25) is 0 Å². The number of benzene rings is 1. The predicted octanol–water partition coefficient (Wildman–Crippen LogP) is 0.676. The van der Waals surface area contributed by atoms with E-state index in [1.807, 2.05) is 35.6 Å². The lowest BCUT2D eigenvalue weighted by Gasteiger charge is -1.98. The number of carbonyl (C=O) groups excluding carboxylic acids is 1. The normalized spacial score (nSPS) is 10.2. The molecule has 0 bridgehead atoms. The SMILES string of the molecule is O=C([O-])N/C=C/Cc1ccccc1. The van der Waals surface area contributed by atoms with Gasteiger partial charge in [-0.2, -0.15) is 0 Å². The molecule has 0 saturated carbocycles. The Kier molecular flexibility index (Phi) is 3.57. The molecule has 1 rings (SSSR count). The first kappa shape index (κ1) is 9.32. The van der Waals surface area contributed by atoms with Crippen LogP contribution in [0.2, 0.25) is 0 Å². The molecule has 13 heavy (non-hydrogen) atoms. The fourth-order valence-corrected chi connectivity index (χ4v) is 0.936. The Hall–Kier alpha value is -1.77. The van der Waals surface area contributed by atoms with Crippen molar-refractivity contribution < 1.29 is 9.90 Å². The van der Waals surface area contributed by atoms with Crippen molar-refractivity contribution in [2.45, 2.75) is 6.42 Å². The molecule has 0 aromatic heterocycles. The second kappa shape index (κ2) is 4.98. The van der Waals surface area contributed by atoms with Crippen LogP contribution >= 0.6 is 0 Å². The third-order valence-corrected chi connectivity index (χ3v) is 1.52. The average molecular weight is 176 g/mol. The third kappa shape index (κ3) is 3.96. The van der Waals surface area contributed by atoms with Crippen LogP contribution in [0.5, 0.6) is 0 Å². The summed E-state index contributed by atoms with van der Waals surface area (Å²) in [4.78, 5) is 9.94. The lowest BCUT2D eigenvalue weighted by Crippen LogP contribution is -2.32. The zero-order valence-corrected chi connectivity index (χ0v) is 7.07. The Morgan fingerprint density at radius 1 is 1.38 bits per heavy atom. The van der Waals surface area contributed by atoms with Crippen LogP contribution in [0.1, 0.15) is 5.56 Å². The van der Waals surface area contributed by atoms with E-state index in [4.69, 9.17) is 0 Å².